The molecule has 2 N–H and O–H groups in total. The summed E-state index contributed by atoms with van der Waals surface area (Å²) in [4.78, 5) is 4.50. The maximum atomic E-state index is 6.02. The van der Waals surface area contributed by atoms with Crippen LogP contribution in [0, 0.1) is 5.92 Å². The molecular formula is C13H16N2O. The van der Waals surface area contributed by atoms with Crippen LogP contribution in [0.15, 0.2) is 23.2 Å². The Bertz CT molecular complexity index is 453. The highest BCUT2D eigenvalue weighted by molar-refractivity contribution is 5.89. The predicted octanol–water partition coefficient (Wildman–Crippen LogP) is 2.58. The third-order valence-electron chi connectivity index (χ3n) is 3.78. The lowest BCUT2D eigenvalue weighted by Crippen LogP contribution is -2.28. The maximum absolute atomic E-state index is 6.02. The lowest BCUT2D eigenvalue weighted by atomic mass is 9.85. The van der Waals surface area contributed by atoms with Crippen molar-refractivity contribution >= 4 is 11.5 Å². The first-order chi connectivity index (χ1) is 7.79. The standard InChI is InChI=1S/C13H16N2O/c1-16-8-5-6-12-11(7-8)9-3-2-4-10(9)13(14)15-12/h5-7,9-10H,2-4H2,1H3,(H2,14,15). The van der Waals surface area contributed by atoms with Gasteiger partial charge in [-0.3, -0.25) is 0 Å². The van der Waals surface area contributed by atoms with Gasteiger partial charge in [0.1, 0.15) is 11.6 Å². The van der Waals surface area contributed by atoms with Gasteiger partial charge >= 0.3 is 0 Å². The van der Waals surface area contributed by atoms with E-state index in [4.69, 9.17) is 10.5 Å². The van der Waals surface area contributed by atoms with Gasteiger partial charge in [0, 0.05) is 5.92 Å². The number of hydrogen-bond acceptors (Lipinski definition) is 3. The van der Waals surface area contributed by atoms with E-state index in [-0.39, 0.29) is 0 Å². The number of benzene rings is 1. The predicted molar refractivity (Wildman–Crippen MR) is 64.4 cm³/mol. The fourth-order valence-corrected chi connectivity index (χ4v) is 2.97. The summed E-state index contributed by atoms with van der Waals surface area (Å²) >= 11 is 0. The molecule has 0 saturated heterocycles. The van der Waals surface area contributed by atoms with Crippen molar-refractivity contribution in [1.29, 1.82) is 0 Å². The van der Waals surface area contributed by atoms with Crippen molar-refractivity contribution in [2.45, 2.75) is 25.2 Å². The Hall–Kier alpha value is -1.51. The van der Waals surface area contributed by atoms with Crippen molar-refractivity contribution < 1.29 is 4.74 Å². The molecule has 0 amide bonds. The molecular weight excluding hydrogens is 200 g/mol. The van der Waals surface area contributed by atoms with Crippen LogP contribution >= 0.6 is 0 Å². The van der Waals surface area contributed by atoms with Crippen molar-refractivity contribution in [1.82, 2.24) is 0 Å². The second-order valence-electron chi connectivity index (χ2n) is 4.61. The third kappa shape index (κ3) is 1.31. The van der Waals surface area contributed by atoms with E-state index in [0.29, 0.717) is 11.8 Å². The van der Waals surface area contributed by atoms with Gasteiger partial charge in [0.2, 0.25) is 0 Å². The summed E-state index contributed by atoms with van der Waals surface area (Å²) in [6.07, 6.45) is 3.65. The van der Waals surface area contributed by atoms with Gasteiger partial charge in [0.05, 0.1) is 12.8 Å². The third-order valence-corrected chi connectivity index (χ3v) is 3.78. The summed E-state index contributed by atoms with van der Waals surface area (Å²) in [5, 5.41) is 0. The first kappa shape index (κ1) is 9.70. The smallest absolute Gasteiger partial charge is 0.119 e. The monoisotopic (exact) mass is 216 g/mol. The molecule has 1 heterocycles. The molecule has 2 atom stereocenters. The van der Waals surface area contributed by atoms with Crippen LogP contribution in [-0.4, -0.2) is 12.9 Å². The van der Waals surface area contributed by atoms with E-state index < -0.39 is 0 Å². The van der Waals surface area contributed by atoms with Crippen LogP contribution < -0.4 is 10.5 Å². The van der Waals surface area contributed by atoms with Crippen LogP contribution in [0.2, 0.25) is 0 Å². The Morgan fingerprint density at radius 1 is 1.31 bits per heavy atom. The highest BCUT2D eigenvalue weighted by atomic mass is 16.5. The second kappa shape index (κ2) is 3.51. The van der Waals surface area contributed by atoms with Gasteiger partial charge in [0.25, 0.3) is 0 Å². The minimum atomic E-state index is 0.458. The number of nitrogens with two attached hydrogens (primary N) is 1. The Labute approximate surface area is 95.3 Å². The van der Waals surface area contributed by atoms with E-state index in [0.717, 1.165) is 17.3 Å². The van der Waals surface area contributed by atoms with Crippen molar-refractivity contribution in [3.05, 3.63) is 23.8 Å². The quantitative estimate of drug-likeness (QED) is 0.784. The van der Waals surface area contributed by atoms with Gasteiger partial charge in [-0.05, 0) is 42.5 Å². The van der Waals surface area contributed by atoms with E-state index in [1.165, 1.54) is 24.8 Å². The maximum Gasteiger partial charge on any atom is 0.119 e. The van der Waals surface area contributed by atoms with E-state index in [1.54, 1.807) is 7.11 Å². The molecule has 1 aromatic carbocycles. The SMILES string of the molecule is COc1ccc2c(c1)C1CCCC1C(N)=N2. The molecule has 16 heavy (non-hydrogen) atoms. The Morgan fingerprint density at radius 2 is 2.12 bits per heavy atom. The van der Waals surface area contributed by atoms with Crippen molar-refractivity contribution in [3.63, 3.8) is 0 Å². The molecule has 1 aromatic rings. The molecule has 1 aliphatic carbocycles. The summed E-state index contributed by atoms with van der Waals surface area (Å²) in [5.41, 5.74) is 8.37. The highest BCUT2D eigenvalue weighted by Gasteiger charge is 2.35. The van der Waals surface area contributed by atoms with Gasteiger partial charge in [0.15, 0.2) is 0 Å². The Balaban J connectivity index is 2.12. The molecule has 1 aliphatic heterocycles. The van der Waals surface area contributed by atoms with Crippen LogP contribution in [0.3, 0.4) is 0 Å². The normalized spacial score (nSPS) is 26.9. The molecule has 0 aromatic heterocycles. The van der Waals surface area contributed by atoms with E-state index in [2.05, 4.69) is 11.1 Å². The largest absolute Gasteiger partial charge is 0.497 e. The highest BCUT2D eigenvalue weighted by Crippen LogP contribution is 2.47. The average molecular weight is 216 g/mol. The first-order valence-corrected chi connectivity index (χ1v) is 5.81. The van der Waals surface area contributed by atoms with Gasteiger partial charge < -0.3 is 10.5 Å². The molecule has 2 unspecified atom stereocenters. The van der Waals surface area contributed by atoms with Crippen LogP contribution in [0.1, 0.15) is 30.7 Å². The van der Waals surface area contributed by atoms with E-state index in [1.807, 2.05) is 12.1 Å². The molecule has 3 heteroatoms. The molecule has 84 valence electrons. The Kier molecular flexibility index (Phi) is 2.13. The summed E-state index contributed by atoms with van der Waals surface area (Å²) in [5.74, 6) is 2.75. The second-order valence-corrected chi connectivity index (χ2v) is 4.61. The zero-order valence-corrected chi connectivity index (χ0v) is 9.44. The average Bonchev–Trinajstić information content (AvgIpc) is 2.78. The lowest BCUT2D eigenvalue weighted by molar-refractivity contribution is 0.413. The summed E-state index contributed by atoms with van der Waals surface area (Å²) < 4.78 is 5.28. The Morgan fingerprint density at radius 3 is 2.94 bits per heavy atom. The van der Waals surface area contributed by atoms with Crippen LogP contribution in [0.25, 0.3) is 0 Å². The molecule has 1 fully saturated rings. The van der Waals surface area contributed by atoms with Crippen LogP contribution in [0.4, 0.5) is 5.69 Å². The summed E-state index contributed by atoms with van der Waals surface area (Å²) in [7, 11) is 1.70. The number of fused-ring (bicyclic) bond motifs is 3. The molecule has 3 nitrogen and oxygen atoms in total. The van der Waals surface area contributed by atoms with Gasteiger partial charge in [-0.15, -0.1) is 0 Å². The topological polar surface area (TPSA) is 47.6 Å². The van der Waals surface area contributed by atoms with Crippen molar-refractivity contribution in [2.75, 3.05) is 7.11 Å². The van der Waals surface area contributed by atoms with Crippen LogP contribution in [-0.2, 0) is 0 Å². The zero-order valence-electron chi connectivity index (χ0n) is 9.44. The molecule has 0 spiro atoms. The molecule has 1 saturated carbocycles. The lowest BCUT2D eigenvalue weighted by Gasteiger charge is -2.26. The van der Waals surface area contributed by atoms with E-state index in [9.17, 15) is 0 Å². The summed E-state index contributed by atoms with van der Waals surface area (Å²) in [6.45, 7) is 0. The van der Waals surface area contributed by atoms with Gasteiger partial charge in [-0.2, -0.15) is 0 Å². The number of rotatable bonds is 1. The molecule has 0 bridgehead atoms. The fraction of sp³-hybridized carbons (Fsp3) is 0.462. The number of hydrogen-bond donors (Lipinski definition) is 1. The fourth-order valence-electron chi connectivity index (χ4n) is 2.97. The number of aliphatic imine (C=N–C) groups is 1. The van der Waals surface area contributed by atoms with Gasteiger partial charge in [-0.25, -0.2) is 4.99 Å². The number of nitrogens with zero attached hydrogens (tertiary/aromatic N) is 1. The summed E-state index contributed by atoms with van der Waals surface area (Å²) in [6, 6.07) is 6.08. The minimum Gasteiger partial charge on any atom is -0.497 e. The number of ether oxygens (including phenoxy) is 1. The molecule has 0 radical (unpaired) electrons. The van der Waals surface area contributed by atoms with E-state index >= 15 is 0 Å². The number of amidine groups is 1. The van der Waals surface area contributed by atoms with Crippen molar-refractivity contribution in [3.8, 4) is 5.75 Å². The first-order valence-electron chi connectivity index (χ1n) is 5.81. The van der Waals surface area contributed by atoms with Crippen LogP contribution in [0.5, 0.6) is 5.75 Å². The molecule has 2 aliphatic rings. The van der Waals surface area contributed by atoms with Crippen molar-refractivity contribution in [2.24, 2.45) is 16.6 Å². The molecule has 3 rings (SSSR count). The minimum absolute atomic E-state index is 0.458. The number of methoxy groups -OCH3 is 1. The van der Waals surface area contributed by atoms with Gasteiger partial charge in [-0.1, -0.05) is 6.42 Å². The zero-order chi connectivity index (χ0) is 11.1.